The summed E-state index contributed by atoms with van der Waals surface area (Å²) in [6, 6.07) is 0. The van der Waals surface area contributed by atoms with E-state index in [1.54, 1.807) is 0 Å². The Balaban J connectivity index is 0.000000409. The Morgan fingerprint density at radius 1 is 1.17 bits per heavy atom. The molecule has 129 valence electrons. The summed E-state index contributed by atoms with van der Waals surface area (Å²) in [6.45, 7) is -0.526. The van der Waals surface area contributed by atoms with E-state index in [1.807, 2.05) is 0 Å². The first-order valence-corrected chi connectivity index (χ1v) is 6.17. The molecular formula is C12H16MnN2O8. The zero-order valence-electron chi connectivity index (χ0n) is 11.6. The molecule has 23 heavy (non-hydrogen) atoms. The van der Waals surface area contributed by atoms with Gasteiger partial charge in [0.05, 0.1) is 18.5 Å². The zero-order chi connectivity index (χ0) is 16.7. The molecule has 0 amide bonds. The standard InChI is InChI=1S/C6H6N2O2.C6H12O6.Mn/c9-6(10)2-1-5-3-7-4-8-5;7-1-2-3(8)4(9)5(10)6(11)12-2;/h1-4,9-10H;2-11H,1H2;/q;;+2/p-2/b5-1-;;/t;2-,3+,4-,5-,6?;/m.1./s1. The molecule has 2 heterocycles. The Bertz CT molecular complexity index is 459. The smallest absolute Gasteiger partial charge is 0.884 e. The van der Waals surface area contributed by atoms with E-state index in [9.17, 15) is 10.2 Å². The fourth-order valence-electron chi connectivity index (χ4n) is 1.56. The van der Waals surface area contributed by atoms with Crippen LogP contribution in [0.25, 0.3) is 0 Å². The average Bonchev–Trinajstić information content (AvgIpc) is 3.01. The molecule has 2 aliphatic heterocycles. The normalized spacial score (nSPS) is 33.6. The van der Waals surface area contributed by atoms with Crippen LogP contribution in [0.2, 0.25) is 0 Å². The van der Waals surface area contributed by atoms with Crippen LogP contribution in [-0.4, -0.2) is 75.4 Å². The predicted octanol–water partition coefficient (Wildman–Crippen LogP) is -4.68. The summed E-state index contributed by atoms with van der Waals surface area (Å²) in [5.74, 6) is -1.23. The van der Waals surface area contributed by atoms with Gasteiger partial charge in [0.15, 0.2) is 6.29 Å². The molecule has 0 aliphatic carbocycles. The number of ether oxygens (including phenoxy) is 1. The number of aliphatic hydroxyl groups is 5. The van der Waals surface area contributed by atoms with E-state index < -0.39 is 43.3 Å². The fourth-order valence-corrected chi connectivity index (χ4v) is 1.56. The largest absolute Gasteiger partial charge is 2.00 e. The van der Waals surface area contributed by atoms with Gasteiger partial charge in [0.1, 0.15) is 30.8 Å². The Morgan fingerprint density at radius 3 is 2.30 bits per heavy atom. The first-order valence-electron chi connectivity index (χ1n) is 6.17. The van der Waals surface area contributed by atoms with Gasteiger partial charge in [-0.2, -0.15) is 0 Å². The van der Waals surface area contributed by atoms with Crippen LogP contribution in [0, 0.1) is 0 Å². The van der Waals surface area contributed by atoms with Crippen LogP contribution in [0.1, 0.15) is 0 Å². The van der Waals surface area contributed by atoms with Crippen molar-refractivity contribution >= 4 is 12.6 Å². The van der Waals surface area contributed by atoms with Gasteiger partial charge in [-0.3, -0.25) is 0 Å². The third-order valence-electron chi connectivity index (χ3n) is 2.74. The molecular weight excluding hydrogens is 355 g/mol. The van der Waals surface area contributed by atoms with E-state index in [2.05, 4.69) is 14.7 Å². The van der Waals surface area contributed by atoms with E-state index in [0.29, 0.717) is 5.70 Å². The van der Waals surface area contributed by atoms with Crippen LogP contribution in [0.4, 0.5) is 0 Å². The second-order valence-electron chi connectivity index (χ2n) is 4.32. The predicted molar refractivity (Wildman–Crippen MR) is 69.1 cm³/mol. The first kappa shape index (κ1) is 21.7. The van der Waals surface area contributed by atoms with Gasteiger partial charge in [-0.25, -0.2) is 15.9 Å². The van der Waals surface area contributed by atoms with Crippen molar-refractivity contribution in [2.45, 2.75) is 30.7 Å². The first-order chi connectivity index (χ1) is 10.4. The molecule has 11 heteroatoms. The minimum Gasteiger partial charge on any atom is -0.884 e. The summed E-state index contributed by atoms with van der Waals surface area (Å²) in [7, 11) is 0. The van der Waals surface area contributed by atoms with Gasteiger partial charge >= 0.3 is 17.1 Å². The van der Waals surface area contributed by atoms with E-state index in [1.165, 1.54) is 18.6 Å². The Hall–Kier alpha value is -1.30. The number of hydrogen-bond donors (Lipinski definition) is 5. The van der Waals surface area contributed by atoms with Crippen molar-refractivity contribution in [2.24, 2.45) is 9.98 Å². The number of aliphatic hydroxyl groups excluding tert-OH is 5. The maximum absolute atomic E-state index is 9.85. The Kier molecular flexibility index (Phi) is 9.88. The zero-order valence-corrected chi connectivity index (χ0v) is 12.8. The van der Waals surface area contributed by atoms with Gasteiger partial charge in [0.25, 0.3) is 0 Å². The molecule has 2 aliphatic rings. The molecule has 0 bridgehead atoms. The fraction of sp³-hybridized carbons (Fsp3) is 0.500. The van der Waals surface area contributed by atoms with Crippen molar-refractivity contribution in [3.8, 4) is 0 Å². The van der Waals surface area contributed by atoms with Gasteiger partial charge in [-0.15, -0.1) is 0 Å². The molecule has 5 atom stereocenters. The van der Waals surface area contributed by atoms with E-state index >= 15 is 0 Å². The van der Waals surface area contributed by atoms with Crippen molar-refractivity contribution in [1.82, 2.24) is 0 Å². The maximum Gasteiger partial charge on any atom is 2.00 e. The van der Waals surface area contributed by atoms with E-state index in [-0.39, 0.29) is 17.1 Å². The summed E-state index contributed by atoms with van der Waals surface area (Å²) in [5, 5.41) is 64.4. The topological polar surface area (TPSA) is 181 Å². The summed E-state index contributed by atoms with van der Waals surface area (Å²) >= 11 is 0. The van der Waals surface area contributed by atoms with Crippen LogP contribution in [-0.2, 0) is 21.8 Å². The van der Waals surface area contributed by atoms with Crippen LogP contribution in [0.5, 0.6) is 0 Å². The van der Waals surface area contributed by atoms with Crippen LogP contribution < -0.4 is 10.2 Å². The second kappa shape index (κ2) is 10.5. The van der Waals surface area contributed by atoms with Crippen LogP contribution in [0.3, 0.4) is 0 Å². The summed E-state index contributed by atoms with van der Waals surface area (Å²) in [5.41, 5.74) is 0.518. The van der Waals surface area contributed by atoms with E-state index in [0.717, 1.165) is 6.08 Å². The van der Waals surface area contributed by atoms with Crippen molar-refractivity contribution in [3.05, 3.63) is 23.8 Å². The number of rotatable bonds is 2. The van der Waals surface area contributed by atoms with Gasteiger partial charge in [0.2, 0.25) is 0 Å². The summed E-state index contributed by atoms with van der Waals surface area (Å²) in [4.78, 5) is 7.32. The van der Waals surface area contributed by atoms with Crippen molar-refractivity contribution < 1.29 is 57.6 Å². The van der Waals surface area contributed by atoms with Gasteiger partial charge in [0, 0.05) is 0 Å². The van der Waals surface area contributed by atoms with Gasteiger partial charge in [-0.05, 0) is 6.08 Å². The molecule has 10 nitrogen and oxygen atoms in total. The molecule has 1 radical (unpaired) electrons. The van der Waals surface area contributed by atoms with Crippen molar-refractivity contribution in [1.29, 1.82) is 0 Å². The molecule has 2 rings (SSSR count). The number of nitrogens with zero attached hydrogens (tertiary/aromatic N) is 2. The maximum atomic E-state index is 9.85. The summed E-state index contributed by atoms with van der Waals surface area (Å²) < 4.78 is 4.58. The van der Waals surface area contributed by atoms with Gasteiger partial charge < -0.3 is 40.5 Å². The molecule has 1 saturated heterocycles. The molecule has 0 spiro atoms. The quantitative estimate of drug-likeness (QED) is 0.237. The van der Waals surface area contributed by atoms with Gasteiger partial charge in [-0.1, -0.05) is 6.08 Å². The average molecular weight is 371 g/mol. The molecule has 0 aromatic carbocycles. The number of hydrogen-bond acceptors (Lipinski definition) is 10. The Labute approximate surface area is 141 Å². The van der Waals surface area contributed by atoms with Crippen LogP contribution in [0.15, 0.2) is 33.8 Å². The molecule has 0 aromatic heterocycles. The number of allylic oxidation sites excluding steroid dienone is 3. The SMILES string of the molecule is OC[C@H]1OC(O)[C@H](O)[C@H](O)[C@H]1O.[Mn+2].[O-]C([O-])=C/C=C1/C=NC=N1. The van der Waals surface area contributed by atoms with Crippen LogP contribution >= 0.6 is 0 Å². The monoisotopic (exact) mass is 371 g/mol. The molecule has 0 aromatic rings. The second-order valence-corrected chi connectivity index (χ2v) is 4.32. The molecule has 1 unspecified atom stereocenters. The third kappa shape index (κ3) is 6.77. The molecule has 0 saturated carbocycles. The van der Waals surface area contributed by atoms with Crippen molar-refractivity contribution in [3.63, 3.8) is 0 Å². The Morgan fingerprint density at radius 2 is 1.83 bits per heavy atom. The third-order valence-corrected chi connectivity index (χ3v) is 2.74. The van der Waals surface area contributed by atoms with Crippen molar-refractivity contribution in [2.75, 3.05) is 6.61 Å². The molecule has 1 fully saturated rings. The van der Waals surface area contributed by atoms with E-state index in [4.69, 9.17) is 25.5 Å². The summed E-state index contributed by atoms with van der Waals surface area (Å²) in [6.07, 6.45) is -2.01. The minimum atomic E-state index is -1.57. The minimum absolute atomic E-state index is 0. The molecule has 5 N–H and O–H groups in total. The number of aliphatic imine (C=N–C) groups is 2.